The first-order chi connectivity index (χ1) is 10.1. The number of nitrogens with one attached hydrogen (secondary N) is 2. The summed E-state index contributed by atoms with van der Waals surface area (Å²) >= 11 is 6.06. The summed E-state index contributed by atoms with van der Waals surface area (Å²) in [6, 6.07) is 8.86. The number of amides is 1. The van der Waals surface area contributed by atoms with E-state index in [-0.39, 0.29) is 11.6 Å². The van der Waals surface area contributed by atoms with Crippen LogP contribution in [0, 0.1) is 6.92 Å². The molecule has 1 aromatic carbocycles. The molecule has 0 aliphatic carbocycles. The summed E-state index contributed by atoms with van der Waals surface area (Å²) in [6.45, 7) is 5.83. The molecule has 2 aromatic rings. The minimum absolute atomic E-state index is 0.255. The molecule has 0 fully saturated rings. The molecule has 2 rings (SSSR count). The summed E-state index contributed by atoms with van der Waals surface area (Å²) in [5, 5.41) is 14.3. The fraction of sp³-hybridized carbons (Fsp3) is 0.133. The molecule has 0 unspecified atom stereocenters. The van der Waals surface area contributed by atoms with Crippen LogP contribution >= 0.6 is 11.6 Å². The standard InChI is InChI=1S/C15H15ClN4O/c1-3-9-17-15(21)13-7-8-14(20-19-13)18-12-6-4-5-11(16)10(12)2/h3-8H,1,9H2,2H3,(H,17,21)(H,18,20). The zero-order valence-electron chi connectivity index (χ0n) is 11.6. The third-order valence-corrected chi connectivity index (χ3v) is 3.24. The molecule has 0 bridgehead atoms. The van der Waals surface area contributed by atoms with Gasteiger partial charge in [-0.15, -0.1) is 16.8 Å². The maximum Gasteiger partial charge on any atom is 0.272 e. The second-order valence-electron chi connectivity index (χ2n) is 4.34. The Hall–Kier alpha value is -2.40. The van der Waals surface area contributed by atoms with Crippen LogP contribution in [0.25, 0.3) is 0 Å². The second-order valence-corrected chi connectivity index (χ2v) is 4.75. The minimum Gasteiger partial charge on any atom is -0.347 e. The molecule has 6 heteroatoms. The molecule has 1 amide bonds. The molecule has 0 aliphatic rings. The van der Waals surface area contributed by atoms with Gasteiger partial charge < -0.3 is 10.6 Å². The van der Waals surface area contributed by atoms with Crippen LogP contribution in [0.2, 0.25) is 5.02 Å². The number of hydrogen-bond donors (Lipinski definition) is 2. The predicted molar refractivity (Wildman–Crippen MR) is 84.0 cm³/mol. The molecule has 21 heavy (non-hydrogen) atoms. The van der Waals surface area contributed by atoms with E-state index in [1.165, 1.54) is 0 Å². The number of anilines is 2. The summed E-state index contributed by atoms with van der Waals surface area (Å²) in [7, 11) is 0. The van der Waals surface area contributed by atoms with Gasteiger partial charge in [0.25, 0.3) is 5.91 Å². The Morgan fingerprint density at radius 1 is 1.33 bits per heavy atom. The maximum absolute atomic E-state index is 11.7. The topological polar surface area (TPSA) is 66.9 Å². The number of halogens is 1. The smallest absolute Gasteiger partial charge is 0.272 e. The van der Waals surface area contributed by atoms with E-state index in [9.17, 15) is 4.79 Å². The highest BCUT2D eigenvalue weighted by atomic mass is 35.5. The van der Waals surface area contributed by atoms with Crippen LogP contribution < -0.4 is 10.6 Å². The molecule has 0 atom stereocenters. The summed E-state index contributed by atoms with van der Waals surface area (Å²) < 4.78 is 0. The molecule has 0 aliphatic heterocycles. The quantitative estimate of drug-likeness (QED) is 0.833. The zero-order chi connectivity index (χ0) is 15.2. The van der Waals surface area contributed by atoms with Gasteiger partial charge in [0, 0.05) is 17.3 Å². The Morgan fingerprint density at radius 3 is 2.81 bits per heavy atom. The van der Waals surface area contributed by atoms with E-state index in [1.54, 1.807) is 18.2 Å². The van der Waals surface area contributed by atoms with Gasteiger partial charge in [0.05, 0.1) is 0 Å². The van der Waals surface area contributed by atoms with E-state index in [1.807, 2.05) is 25.1 Å². The number of carbonyl (C=O) groups excluding carboxylic acids is 1. The Bertz CT molecular complexity index is 655. The fourth-order valence-corrected chi connectivity index (χ4v) is 1.83. The molecule has 5 nitrogen and oxygen atoms in total. The van der Waals surface area contributed by atoms with Crippen molar-refractivity contribution in [3.63, 3.8) is 0 Å². The Kier molecular flexibility index (Phi) is 4.90. The van der Waals surface area contributed by atoms with E-state index in [4.69, 9.17) is 11.6 Å². The van der Waals surface area contributed by atoms with Crippen molar-refractivity contribution >= 4 is 29.0 Å². The van der Waals surface area contributed by atoms with Crippen LogP contribution in [-0.4, -0.2) is 22.6 Å². The van der Waals surface area contributed by atoms with E-state index in [0.29, 0.717) is 17.4 Å². The van der Waals surface area contributed by atoms with E-state index >= 15 is 0 Å². The molecule has 2 N–H and O–H groups in total. The second kappa shape index (κ2) is 6.85. The van der Waals surface area contributed by atoms with Gasteiger partial charge in [-0.25, -0.2) is 0 Å². The average Bonchev–Trinajstić information content (AvgIpc) is 2.50. The van der Waals surface area contributed by atoms with Gasteiger partial charge >= 0.3 is 0 Å². The molecule has 0 radical (unpaired) electrons. The van der Waals surface area contributed by atoms with Gasteiger partial charge in [0.15, 0.2) is 11.5 Å². The van der Waals surface area contributed by atoms with Crippen molar-refractivity contribution in [2.45, 2.75) is 6.92 Å². The van der Waals surface area contributed by atoms with Crippen molar-refractivity contribution in [1.82, 2.24) is 15.5 Å². The fourth-order valence-electron chi connectivity index (χ4n) is 1.66. The highest BCUT2D eigenvalue weighted by Crippen LogP contribution is 2.25. The maximum atomic E-state index is 11.7. The highest BCUT2D eigenvalue weighted by Gasteiger charge is 2.08. The lowest BCUT2D eigenvalue weighted by molar-refractivity contribution is 0.0952. The Labute approximate surface area is 128 Å². The first-order valence-corrected chi connectivity index (χ1v) is 6.74. The number of nitrogens with zero attached hydrogens (tertiary/aromatic N) is 2. The van der Waals surface area contributed by atoms with Gasteiger partial charge in [0.1, 0.15) is 0 Å². The average molecular weight is 303 g/mol. The van der Waals surface area contributed by atoms with Crippen LogP contribution in [0.3, 0.4) is 0 Å². The molecule has 0 saturated carbocycles. The SMILES string of the molecule is C=CCNC(=O)c1ccc(Nc2cccc(Cl)c2C)nn1. The largest absolute Gasteiger partial charge is 0.347 e. The first-order valence-electron chi connectivity index (χ1n) is 6.37. The Morgan fingerprint density at radius 2 is 2.14 bits per heavy atom. The molecular weight excluding hydrogens is 288 g/mol. The van der Waals surface area contributed by atoms with Crippen molar-refractivity contribution in [1.29, 1.82) is 0 Å². The van der Waals surface area contributed by atoms with Gasteiger partial charge in [-0.05, 0) is 36.8 Å². The van der Waals surface area contributed by atoms with Crippen molar-refractivity contribution < 1.29 is 4.79 Å². The number of benzene rings is 1. The lowest BCUT2D eigenvalue weighted by atomic mass is 10.2. The molecule has 1 aromatic heterocycles. The van der Waals surface area contributed by atoms with Crippen LogP contribution in [-0.2, 0) is 0 Å². The normalized spacial score (nSPS) is 10.0. The van der Waals surface area contributed by atoms with Crippen molar-refractivity contribution in [3.05, 3.63) is 59.3 Å². The van der Waals surface area contributed by atoms with Crippen molar-refractivity contribution in [3.8, 4) is 0 Å². The van der Waals surface area contributed by atoms with E-state index in [0.717, 1.165) is 11.3 Å². The van der Waals surface area contributed by atoms with E-state index < -0.39 is 0 Å². The Balaban J connectivity index is 2.10. The van der Waals surface area contributed by atoms with Crippen LogP contribution in [0.4, 0.5) is 11.5 Å². The van der Waals surface area contributed by atoms with Gasteiger partial charge in [-0.2, -0.15) is 0 Å². The summed E-state index contributed by atoms with van der Waals surface area (Å²) in [4.78, 5) is 11.7. The predicted octanol–water partition coefficient (Wildman–Crippen LogP) is 3.10. The molecule has 0 saturated heterocycles. The lowest BCUT2D eigenvalue weighted by Crippen LogP contribution is -2.24. The van der Waals surface area contributed by atoms with Crippen molar-refractivity contribution in [2.24, 2.45) is 0 Å². The monoisotopic (exact) mass is 302 g/mol. The van der Waals surface area contributed by atoms with E-state index in [2.05, 4.69) is 27.4 Å². The first kappa shape index (κ1) is 15.0. The highest BCUT2D eigenvalue weighted by molar-refractivity contribution is 6.31. The summed E-state index contributed by atoms with van der Waals surface area (Å²) in [5.74, 6) is 0.258. The lowest BCUT2D eigenvalue weighted by Gasteiger charge is -2.09. The number of aromatic nitrogens is 2. The number of rotatable bonds is 5. The van der Waals surface area contributed by atoms with Crippen LogP contribution in [0.5, 0.6) is 0 Å². The van der Waals surface area contributed by atoms with Crippen molar-refractivity contribution in [2.75, 3.05) is 11.9 Å². The summed E-state index contributed by atoms with van der Waals surface area (Å²) in [5.41, 5.74) is 2.03. The van der Waals surface area contributed by atoms with Gasteiger partial charge in [0.2, 0.25) is 0 Å². The number of carbonyl (C=O) groups is 1. The zero-order valence-corrected chi connectivity index (χ0v) is 12.3. The van der Waals surface area contributed by atoms with Crippen LogP contribution in [0.1, 0.15) is 16.1 Å². The molecule has 108 valence electrons. The van der Waals surface area contributed by atoms with Gasteiger partial charge in [-0.3, -0.25) is 4.79 Å². The summed E-state index contributed by atoms with van der Waals surface area (Å²) in [6.07, 6.45) is 1.60. The third-order valence-electron chi connectivity index (χ3n) is 2.83. The molecular formula is C15H15ClN4O. The molecule has 1 heterocycles. The molecule has 0 spiro atoms. The van der Waals surface area contributed by atoms with Crippen LogP contribution in [0.15, 0.2) is 43.0 Å². The van der Waals surface area contributed by atoms with Gasteiger partial charge in [-0.1, -0.05) is 23.7 Å². The third kappa shape index (κ3) is 3.79. The number of hydrogen-bond acceptors (Lipinski definition) is 4. The minimum atomic E-state index is -0.284.